The normalized spacial score (nSPS) is 15.4. The maximum absolute atomic E-state index is 12.4. The molecule has 8 heteroatoms. The zero-order valence-electron chi connectivity index (χ0n) is 15.2. The van der Waals surface area contributed by atoms with Gasteiger partial charge in [0, 0.05) is 25.5 Å². The van der Waals surface area contributed by atoms with Crippen LogP contribution in [0, 0.1) is 0 Å². The molecule has 0 spiro atoms. The summed E-state index contributed by atoms with van der Waals surface area (Å²) in [4.78, 5) is 19.4. The van der Waals surface area contributed by atoms with Gasteiger partial charge in [0.15, 0.2) is 0 Å². The largest absolute Gasteiger partial charge is 0.373 e. The van der Waals surface area contributed by atoms with Crippen LogP contribution in [-0.4, -0.2) is 44.7 Å². The van der Waals surface area contributed by atoms with Gasteiger partial charge >= 0.3 is 6.03 Å². The number of carbonyl (C=O) groups is 1. The monoisotopic (exact) mass is 375 g/mol. The molecular formula is C18H25N5O2S. The molecule has 2 aromatic rings. The summed E-state index contributed by atoms with van der Waals surface area (Å²) in [7, 11) is 0. The predicted octanol–water partition coefficient (Wildman–Crippen LogP) is 2.95. The van der Waals surface area contributed by atoms with E-state index in [-0.39, 0.29) is 12.1 Å². The zero-order valence-corrected chi connectivity index (χ0v) is 16.0. The fourth-order valence-electron chi connectivity index (χ4n) is 2.97. The molecule has 0 aromatic carbocycles. The number of piperidine rings is 1. The number of pyridine rings is 1. The Morgan fingerprint density at radius 1 is 1.42 bits per heavy atom. The highest BCUT2D eigenvalue weighted by molar-refractivity contribution is 7.05. The van der Waals surface area contributed by atoms with Crippen molar-refractivity contribution in [3.63, 3.8) is 0 Å². The second kappa shape index (κ2) is 9.05. The quantitative estimate of drug-likeness (QED) is 0.840. The van der Waals surface area contributed by atoms with E-state index in [1.54, 1.807) is 6.20 Å². The smallest absolute Gasteiger partial charge is 0.317 e. The third kappa shape index (κ3) is 4.98. The highest BCUT2D eigenvalue weighted by Crippen LogP contribution is 2.20. The Kier molecular flexibility index (Phi) is 6.51. The fraction of sp³-hybridized carbons (Fsp3) is 0.556. The summed E-state index contributed by atoms with van der Waals surface area (Å²) in [5.74, 6) is 0.313. The van der Waals surface area contributed by atoms with Gasteiger partial charge in [-0.25, -0.2) is 4.79 Å². The highest BCUT2D eigenvalue weighted by atomic mass is 32.1. The van der Waals surface area contributed by atoms with Crippen molar-refractivity contribution < 1.29 is 9.53 Å². The molecular weight excluding hydrogens is 350 g/mol. The average Bonchev–Trinajstić information content (AvgIpc) is 3.15. The standard InChI is InChI=1S/C18H25N5O2S/c1-13(2)17-16(26-22-21-17)11-20-18(24)23-8-5-15(6-9-23)25-12-14-4-3-7-19-10-14/h3-4,7,10,13,15H,5-6,8-9,11-12H2,1-2H3,(H,20,24). The summed E-state index contributed by atoms with van der Waals surface area (Å²) in [6, 6.07) is 3.89. The minimum atomic E-state index is -0.0289. The first-order valence-electron chi connectivity index (χ1n) is 8.98. The van der Waals surface area contributed by atoms with Gasteiger partial charge in [-0.1, -0.05) is 24.4 Å². The lowest BCUT2D eigenvalue weighted by atomic mass is 10.1. The van der Waals surface area contributed by atoms with Crippen molar-refractivity contribution in [3.05, 3.63) is 40.7 Å². The van der Waals surface area contributed by atoms with Gasteiger partial charge in [-0.3, -0.25) is 4.98 Å². The second-order valence-corrected chi connectivity index (χ2v) is 7.59. The van der Waals surface area contributed by atoms with Gasteiger partial charge in [0.25, 0.3) is 0 Å². The van der Waals surface area contributed by atoms with Gasteiger partial charge in [0.1, 0.15) is 0 Å². The number of hydrogen-bond donors (Lipinski definition) is 1. The number of nitrogens with one attached hydrogen (secondary N) is 1. The van der Waals surface area contributed by atoms with Crippen molar-refractivity contribution in [1.82, 2.24) is 24.8 Å². The van der Waals surface area contributed by atoms with Crippen molar-refractivity contribution >= 4 is 17.6 Å². The molecule has 3 rings (SSSR count). The summed E-state index contributed by atoms with van der Waals surface area (Å²) in [5, 5.41) is 7.14. The summed E-state index contributed by atoms with van der Waals surface area (Å²) >= 11 is 1.35. The molecule has 0 atom stereocenters. The van der Waals surface area contributed by atoms with Crippen LogP contribution >= 0.6 is 11.5 Å². The number of likely N-dealkylation sites (tertiary alicyclic amines) is 1. The van der Waals surface area contributed by atoms with Crippen LogP contribution < -0.4 is 5.32 Å². The molecule has 0 aliphatic carbocycles. The molecule has 0 saturated carbocycles. The van der Waals surface area contributed by atoms with Crippen LogP contribution in [0.4, 0.5) is 4.79 Å². The number of hydrogen-bond acceptors (Lipinski definition) is 6. The third-order valence-electron chi connectivity index (χ3n) is 4.47. The molecule has 26 heavy (non-hydrogen) atoms. The van der Waals surface area contributed by atoms with Crippen molar-refractivity contribution in [1.29, 1.82) is 0 Å². The van der Waals surface area contributed by atoms with Crippen LogP contribution in [-0.2, 0) is 17.9 Å². The van der Waals surface area contributed by atoms with E-state index in [2.05, 4.69) is 33.7 Å². The number of amides is 2. The first-order valence-corrected chi connectivity index (χ1v) is 9.75. The van der Waals surface area contributed by atoms with E-state index in [0.29, 0.717) is 32.2 Å². The Hall–Kier alpha value is -2.06. The molecule has 3 heterocycles. The summed E-state index contributed by atoms with van der Waals surface area (Å²) in [6.45, 7) is 6.64. The fourth-order valence-corrected chi connectivity index (χ4v) is 3.70. The van der Waals surface area contributed by atoms with Gasteiger partial charge < -0.3 is 15.0 Å². The van der Waals surface area contributed by atoms with Crippen molar-refractivity contribution in [3.8, 4) is 0 Å². The predicted molar refractivity (Wildman–Crippen MR) is 99.9 cm³/mol. The van der Waals surface area contributed by atoms with Gasteiger partial charge in [0.2, 0.25) is 0 Å². The van der Waals surface area contributed by atoms with Crippen LogP contribution in [0.1, 0.15) is 48.7 Å². The Bertz CT molecular complexity index is 699. The van der Waals surface area contributed by atoms with E-state index in [0.717, 1.165) is 29.0 Å². The molecule has 0 unspecified atom stereocenters. The lowest BCUT2D eigenvalue weighted by molar-refractivity contribution is 0.00434. The van der Waals surface area contributed by atoms with Crippen LogP contribution in [0.25, 0.3) is 0 Å². The maximum Gasteiger partial charge on any atom is 0.317 e. The molecule has 2 aromatic heterocycles. The highest BCUT2D eigenvalue weighted by Gasteiger charge is 2.23. The van der Waals surface area contributed by atoms with Gasteiger partial charge in [-0.2, -0.15) is 0 Å². The lowest BCUT2D eigenvalue weighted by Crippen LogP contribution is -2.45. The number of rotatable bonds is 6. The molecule has 2 amide bonds. The SMILES string of the molecule is CC(C)c1nnsc1CNC(=O)N1CCC(OCc2cccnc2)CC1. The van der Waals surface area contributed by atoms with Crippen LogP contribution in [0.2, 0.25) is 0 Å². The molecule has 1 fully saturated rings. The zero-order chi connectivity index (χ0) is 18.4. The molecule has 140 valence electrons. The summed E-state index contributed by atoms with van der Waals surface area (Å²) in [6.07, 6.45) is 5.48. The van der Waals surface area contributed by atoms with Crippen LogP contribution in [0.15, 0.2) is 24.5 Å². The Labute approximate surface area is 157 Å². The van der Waals surface area contributed by atoms with E-state index in [4.69, 9.17) is 4.74 Å². The molecule has 0 bridgehead atoms. The molecule has 1 N–H and O–H groups in total. The minimum Gasteiger partial charge on any atom is -0.373 e. The van der Waals surface area contributed by atoms with Gasteiger partial charge in [-0.15, -0.1) is 5.10 Å². The summed E-state index contributed by atoms with van der Waals surface area (Å²) < 4.78 is 9.94. The first-order chi connectivity index (χ1) is 12.6. The molecule has 1 aliphatic rings. The van der Waals surface area contributed by atoms with Gasteiger partial charge in [-0.05, 0) is 41.9 Å². The molecule has 1 aliphatic heterocycles. The molecule has 1 saturated heterocycles. The van der Waals surface area contributed by atoms with E-state index in [1.165, 1.54) is 11.5 Å². The maximum atomic E-state index is 12.4. The van der Waals surface area contributed by atoms with Crippen LogP contribution in [0.3, 0.4) is 0 Å². The minimum absolute atomic E-state index is 0.0289. The molecule has 7 nitrogen and oxygen atoms in total. The van der Waals surface area contributed by atoms with Crippen molar-refractivity contribution in [2.45, 2.75) is 51.9 Å². The number of ether oxygens (including phenoxy) is 1. The lowest BCUT2D eigenvalue weighted by Gasteiger charge is -2.32. The van der Waals surface area contributed by atoms with E-state index in [9.17, 15) is 4.79 Å². The van der Waals surface area contributed by atoms with Crippen molar-refractivity contribution in [2.24, 2.45) is 0 Å². The number of aromatic nitrogens is 3. The molecule has 0 radical (unpaired) electrons. The third-order valence-corrected chi connectivity index (χ3v) is 5.21. The van der Waals surface area contributed by atoms with E-state index >= 15 is 0 Å². The topological polar surface area (TPSA) is 80.2 Å². The van der Waals surface area contributed by atoms with E-state index in [1.807, 2.05) is 23.2 Å². The Balaban J connectivity index is 1.40. The van der Waals surface area contributed by atoms with Gasteiger partial charge in [0.05, 0.1) is 29.8 Å². The Morgan fingerprint density at radius 2 is 2.23 bits per heavy atom. The Morgan fingerprint density at radius 3 is 2.92 bits per heavy atom. The van der Waals surface area contributed by atoms with Crippen molar-refractivity contribution in [2.75, 3.05) is 13.1 Å². The first kappa shape index (κ1) is 18.7. The summed E-state index contributed by atoms with van der Waals surface area (Å²) in [5.41, 5.74) is 2.05. The number of nitrogens with zero attached hydrogens (tertiary/aromatic N) is 4. The number of urea groups is 1. The number of carbonyl (C=O) groups excluding carboxylic acids is 1. The van der Waals surface area contributed by atoms with Crippen LogP contribution in [0.5, 0.6) is 0 Å². The second-order valence-electron chi connectivity index (χ2n) is 6.75. The van der Waals surface area contributed by atoms with E-state index < -0.39 is 0 Å². The average molecular weight is 375 g/mol.